The molecule has 0 bridgehead atoms. The van der Waals surface area contributed by atoms with Gasteiger partial charge in [-0.2, -0.15) is 11.8 Å². The average Bonchev–Trinajstić information content (AvgIpc) is 2.56. The molecule has 0 radical (unpaired) electrons. The first-order chi connectivity index (χ1) is 12.5. The second kappa shape index (κ2) is 12.6. The molecule has 10 heteroatoms. The first kappa shape index (κ1) is 25.2. The molecule has 0 spiro atoms. The maximum atomic E-state index is 12.5. The highest BCUT2D eigenvalue weighted by Gasteiger charge is 2.28. The van der Waals surface area contributed by atoms with E-state index in [2.05, 4.69) is 16.0 Å². The van der Waals surface area contributed by atoms with Crippen LogP contribution in [0, 0.1) is 5.92 Å². The summed E-state index contributed by atoms with van der Waals surface area (Å²) in [5.41, 5.74) is 5.52. The third-order valence-corrected chi connectivity index (χ3v) is 4.37. The zero-order chi connectivity index (χ0) is 21.1. The van der Waals surface area contributed by atoms with Gasteiger partial charge in [-0.3, -0.25) is 14.4 Å². The number of carboxylic acids is 1. The van der Waals surface area contributed by atoms with Crippen LogP contribution in [-0.4, -0.2) is 65.0 Å². The molecule has 0 saturated heterocycles. The number of aliphatic carboxylic acids is 1. The minimum Gasteiger partial charge on any atom is -0.480 e. The van der Waals surface area contributed by atoms with Crippen molar-refractivity contribution in [3.8, 4) is 0 Å². The smallest absolute Gasteiger partial charge is 0.326 e. The second-order valence-corrected chi connectivity index (χ2v) is 7.88. The summed E-state index contributed by atoms with van der Waals surface area (Å²) < 4.78 is 0. The molecule has 3 amide bonds. The zero-order valence-corrected chi connectivity index (χ0v) is 17.4. The van der Waals surface area contributed by atoms with E-state index in [0.29, 0.717) is 12.2 Å². The molecule has 0 aliphatic carbocycles. The van der Waals surface area contributed by atoms with Gasteiger partial charge in [0.25, 0.3) is 0 Å². The fourth-order valence-electron chi connectivity index (χ4n) is 2.18. The number of rotatable bonds is 12. The van der Waals surface area contributed by atoms with Crippen LogP contribution in [0.25, 0.3) is 0 Å². The lowest BCUT2D eigenvalue weighted by atomic mass is 10.0. The van der Waals surface area contributed by atoms with E-state index in [9.17, 15) is 24.3 Å². The Kier molecular flexibility index (Phi) is 11.7. The van der Waals surface area contributed by atoms with Crippen molar-refractivity contribution in [1.82, 2.24) is 16.0 Å². The SMILES string of the molecule is CSCC[C@H](NC(=O)[C@H](C)NC(=O)[C@H](CC(C)C)NC(=O)[C@H](C)N)C(=O)O. The van der Waals surface area contributed by atoms with Crippen LogP contribution in [0.4, 0.5) is 0 Å². The van der Waals surface area contributed by atoms with E-state index >= 15 is 0 Å². The molecule has 0 saturated carbocycles. The number of carboxylic acid groups (broad SMARTS) is 1. The van der Waals surface area contributed by atoms with Crippen molar-refractivity contribution in [2.45, 2.75) is 64.7 Å². The van der Waals surface area contributed by atoms with Crippen LogP contribution in [0.15, 0.2) is 0 Å². The Labute approximate surface area is 164 Å². The third-order valence-electron chi connectivity index (χ3n) is 3.73. The first-order valence-corrected chi connectivity index (χ1v) is 10.3. The van der Waals surface area contributed by atoms with Gasteiger partial charge in [0.2, 0.25) is 17.7 Å². The number of carbonyl (C=O) groups is 4. The molecule has 0 aromatic heterocycles. The molecule has 0 aliphatic heterocycles. The van der Waals surface area contributed by atoms with Crippen molar-refractivity contribution in [2.24, 2.45) is 11.7 Å². The number of amides is 3. The monoisotopic (exact) mass is 404 g/mol. The molecule has 0 unspecified atom stereocenters. The minimum absolute atomic E-state index is 0.126. The van der Waals surface area contributed by atoms with Gasteiger partial charge in [-0.25, -0.2) is 4.79 Å². The van der Waals surface area contributed by atoms with Crippen LogP contribution in [0.3, 0.4) is 0 Å². The highest BCUT2D eigenvalue weighted by Crippen LogP contribution is 2.06. The highest BCUT2D eigenvalue weighted by molar-refractivity contribution is 7.98. The van der Waals surface area contributed by atoms with Gasteiger partial charge in [0.15, 0.2) is 0 Å². The van der Waals surface area contributed by atoms with Crippen molar-refractivity contribution in [3.05, 3.63) is 0 Å². The van der Waals surface area contributed by atoms with Gasteiger partial charge in [0, 0.05) is 0 Å². The standard InChI is InChI=1S/C17H32N4O5S/c1-9(2)8-13(21-14(22)10(3)18)16(24)19-11(4)15(23)20-12(17(25)26)6-7-27-5/h9-13H,6-8,18H2,1-5H3,(H,19,24)(H,20,23)(H,21,22)(H,25,26)/t10-,11-,12-,13-/m0/s1. The van der Waals surface area contributed by atoms with Crippen LogP contribution in [0.5, 0.6) is 0 Å². The summed E-state index contributed by atoms with van der Waals surface area (Å²) in [7, 11) is 0. The van der Waals surface area contributed by atoms with Crippen molar-refractivity contribution >= 4 is 35.5 Å². The molecular formula is C17H32N4O5S. The van der Waals surface area contributed by atoms with E-state index in [1.165, 1.54) is 25.6 Å². The van der Waals surface area contributed by atoms with Crippen LogP contribution >= 0.6 is 11.8 Å². The molecule has 4 atom stereocenters. The number of carbonyl (C=O) groups excluding carboxylic acids is 3. The van der Waals surface area contributed by atoms with Crippen molar-refractivity contribution in [1.29, 1.82) is 0 Å². The number of hydrogen-bond acceptors (Lipinski definition) is 6. The normalized spacial score (nSPS) is 15.4. The predicted octanol–water partition coefficient (Wildman–Crippen LogP) is -0.308. The summed E-state index contributed by atoms with van der Waals surface area (Å²) in [6.07, 6.45) is 2.50. The van der Waals surface area contributed by atoms with Crippen LogP contribution in [0.2, 0.25) is 0 Å². The summed E-state index contributed by atoms with van der Waals surface area (Å²) in [4.78, 5) is 47.8. The highest BCUT2D eigenvalue weighted by atomic mass is 32.2. The maximum absolute atomic E-state index is 12.5. The Balaban J connectivity index is 4.90. The molecule has 0 aromatic rings. The van der Waals surface area contributed by atoms with E-state index in [1.807, 2.05) is 20.1 Å². The van der Waals surface area contributed by atoms with Gasteiger partial charge in [-0.1, -0.05) is 13.8 Å². The van der Waals surface area contributed by atoms with Gasteiger partial charge in [0.05, 0.1) is 6.04 Å². The van der Waals surface area contributed by atoms with Gasteiger partial charge in [0.1, 0.15) is 18.1 Å². The lowest BCUT2D eigenvalue weighted by Crippen LogP contribution is -2.56. The van der Waals surface area contributed by atoms with Crippen LogP contribution in [-0.2, 0) is 19.2 Å². The van der Waals surface area contributed by atoms with Gasteiger partial charge in [-0.15, -0.1) is 0 Å². The summed E-state index contributed by atoms with van der Waals surface area (Å²) in [5, 5.41) is 16.7. The van der Waals surface area contributed by atoms with Crippen LogP contribution in [0.1, 0.15) is 40.5 Å². The Morgan fingerprint density at radius 2 is 1.48 bits per heavy atom. The Morgan fingerprint density at radius 3 is 1.93 bits per heavy atom. The molecule has 0 aliphatic rings. The molecular weight excluding hydrogens is 372 g/mol. The Hall–Kier alpha value is -1.81. The number of nitrogens with one attached hydrogen (secondary N) is 3. The molecule has 156 valence electrons. The molecule has 27 heavy (non-hydrogen) atoms. The largest absolute Gasteiger partial charge is 0.480 e. The first-order valence-electron chi connectivity index (χ1n) is 8.88. The summed E-state index contributed by atoms with van der Waals surface area (Å²) in [5.74, 6) is -2.00. The molecule has 0 heterocycles. The number of hydrogen-bond donors (Lipinski definition) is 5. The summed E-state index contributed by atoms with van der Waals surface area (Å²) >= 11 is 1.48. The van der Waals surface area contributed by atoms with E-state index in [1.54, 1.807) is 0 Å². The predicted molar refractivity (Wildman–Crippen MR) is 105 cm³/mol. The topological polar surface area (TPSA) is 151 Å². The van der Waals surface area contributed by atoms with Crippen molar-refractivity contribution in [2.75, 3.05) is 12.0 Å². The fraction of sp³-hybridized carbons (Fsp3) is 0.765. The number of nitrogens with two attached hydrogens (primary N) is 1. The average molecular weight is 405 g/mol. The fourth-order valence-corrected chi connectivity index (χ4v) is 2.65. The van der Waals surface area contributed by atoms with Crippen molar-refractivity contribution < 1.29 is 24.3 Å². The molecule has 6 N–H and O–H groups in total. The maximum Gasteiger partial charge on any atom is 0.326 e. The van der Waals surface area contributed by atoms with Gasteiger partial charge < -0.3 is 26.8 Å². The molecule has 0 aromatic carbocycles. The summed E-state index contributed by atoms with van der Waals surface area (Å²) in [6, 6.07) is -3.56. The van der Waals surface area contributed by atoms with Gasteiger partial charge in [-0.05, 0) is 44.6 Å². The Bertz CT molecular complexity index is 527. The van der Waals surface area contributed by atoms with E-state index in [4.69, 9.17) is 5.73 Å². The second-order valence-electron chi connectivity index (χ2n) is 6.89. The van der Waals surface area contributed by atoms with Gasteiger partial charge >= 0.3 is 5.97 Å². The molecule has 0 fully saturated rings. The quantitative estimate of drug-likeness (QED) is 0.299. The van der Waals surface area contributed by atoms with Crippen molar-refractivity contribution in [3.63, 3.8) is 0 Å². The lowest BCUT2D eigenvalue weighted by Gasteiger charge is -2.24. The van der Waals surface area contributed by atoms with E-state index < -0.39 is 47.9 Å². The number of thioether (sulfide) groups is 1. The summed E-state index contributed by atoms with van der Waals surface area (Å²) in [6.45, 7) is 6.77. The lowest BCUT2D eigenvalue weighted by molar-refractivity contribution is -0.142. The third kappa shape index (κ3) is 10.2. The Morgan fingerprint density at radius 1 is 0.926 bits per heavy atom. The minimum atomic E-state index is -1.13. The van der Waals surface area contributed by atoms with E-state index in [0.717, 1.165) is 0 Å². The van der Waals surface area contributed by atoms with E-state index in [-0.39, 0.29) is 12.3 Å². The molecule has 0 rings (SSSR count). The zero-order valence-electron chi connectivity index (χ0n) is 16.6. The molecule has 9 nitrogen and oxygen atoms in total. The van der Waals surface area contributed by atoms with Crippen LogP contribution < -0.4 is 21.7 Å².